The first-order valence-corrected chi connectivity index (χ1v) is 10.2. The van der Waals surface area contributed by atoms with E-state index < -0.39 is 12.1 Å². The van der Waals surface area contributed by atoms with Crippen LogP contribution in [0.3, 0.4) is 0 Å². The number of rotatable bonds is 3. The number of likely N-dealkylation sites (tertiary alicyclic amines) is 1. The molecule has 11 nitrogen and oxygen atoms in total. The molecule has 1 aromatic heterocycles. The number of methoxy groups -OCH3 is 1. The van der Waals surface area contributed by atoms with Crippen molar-refractivity contribution in [3.63, 3.8) is 0 Å². The first-order valence-electron chi connectivity index (χ1n) is 10.2. The van der Waals surface area contributed by atoms with Crippen molar-refractivity contribution in [1.82, 2.24) is 19.9 Å². The van der Waals surface area contributed by atoms with Gasteiger partial charge in [-0.05, 0) is 18.6 Å². The molecule has 4 rings (SSSR count). The van der Waals surface area contributed by atoms with Crippen molar-refractivity contribution < 1.29 is 46.7 Å². The first kappa shape index (κ1) is 24.8. The van der Waals surface area contributed by atoms with E-state index in [9.17, 15) is 22.8 Å². The summed E-state index contributed by atoms with van der Waals surface area (Å²) in [5.41, 5.74) is 0. The standard InChI is InChI=1S/C17H24N4O5.C2HF3O2/c1-19-3-5-20(6-4-19)16(22)12-7-11-9-21(10-14(12)25-11)17(23)13-8-15(24-2)18-26-13;3-2(4,5)1(6)7/h8,11-12,14H,3-7,9-10H2,1-2H3;(H,6,7). The summed E-state index contributed by atoms with van der Waals surface area (Å²) in [7, 11) is 3.53. The van der Waals surface area contributed by atoms with Crippen LogP contribution in [0.2, 0.25) is 0 Å². The number of fused-ring (bicyclic) bond motifs is 2. The number of carboxylic acids is 1. The zero-order chi connectivity index (χ0) is 24.3. The Labute approximate surface area is 187 Å². The molecular formula is C19H25F3N4O7. The second-order valence-corrected chi connectivity index (χ2v) is 8.01. The minimum Gasteiger partial charge on any atom is -0.479 e. The summed E-state index contributed by atoms with van der Waals surface area (Å²) in [6.07, 6.45) is -4.78. The van der Waals surface area contributed by atoms with Crippen molar-refractivity contribution in [2.24, 2.45) is 5.92 Å². The number of halogens is 3. The maximum Gasteiger partial charge on any atom is 0.490 e. The Bertz CT molecular complexity index is 870. The number of ether oxygens (including phenoxy) is 2. The monoisotopic (exact) mass is 478 g/mol. The van der Waals surface area contributed by atoms with E-state index in [1.807, 2.05) is 4.90 Å². The van der Waals surface area contributed by atoms with Crippen molar-refractivity contribution in [2.75, 3.05) is 53.4 Å². The number of alkyl halides is 3. The quantitative estimate of drug-likeness (QED) is 0.654. The molecule has 33 heavy (non-hydrogen) atoms. The summed E-state index contributed by atoms with van der Waals surface area (Å²) < 4.78 is 47.7. The highest BCUT2D eigenvalue weighted by Gasteiger charge is 2.47. The van der Waals surface area contributed by atoms with Gasteiger partial charge >= 0.3 is 12.1 Å². The van der Waals surface area contributed by atoms with E-state index >= 15 is 0 Å². The molecule has 0 spiro atoms. The molecule has 1 aromatic rings. The van der Waals surface area contributed by atoms with Crippen molar-refractivity contribution >= 4 is 17.8 Å². The summed E-state index contributed by atoms with van der Waals surface area (Å²) in [5.74, 6) is -2.61. The second kappa shape index (κ2) is 9.95. The number of carboxylic acid groups (broad SMARTS) is 1. The Morgan fingerprint density at radius 1 is 1.15 bits per heavy atom. The summed E-state index contributed by atoms with van der Waals surface area (Å²) >= 11 is 0. The average Bonchev–Trinajstić information content (AvgIpc) is 3.36. The van der Waals surface area contributed by atoms with Crippen LogP contribution >= 0.6 is 0 Å². The molecule has 184 valence electrons. The summed E-state index contributed by atoms with van der Waals surface area (Å²) in [4.78, 5) is 40.3. The van der Waals surface area contributed by atoms with Crippen molar-refractivity contribution in [2.45, 2.75) is 24.8 Å². The number of likely N-dealkylation sites (N-methyl/N-ethyl adjacent to an activating group) is 1. The molecule has 2 amide bonds. The van der Waals surface area contributed by atoms with Crippen molar-refractivity contribution in [1.29, 1.82) is 0 Å². The van der Waals surface area contributed by atoms with Crippen LogP contribution in [-0.2, 0) is 14.3 Å². The Kier molecular flexibility index (Phi) is 7.47. The van der Waals surface area contributed by atoms with Crippen LogP contribution in [-0.4, -0.2) is 115 Å². The van der Waals surface area contributed by atoms with E-state index in [0.717, 1.165) is 26.2 Å². The van der Waals surface area contributed by atoms with Gasteiger partial charge in [0.25, 0.3) is 11.8 Å². The van der Waals surface area contributed by atoms with Crippen LogP contribution in [0.1, 0.15) is 17.0 Å². The number of nitrogens with zero attached hydrogens (tertiary/aromatic N) is 4. The lowest BCUT2D eigenvalue weighted by Crippen LogP contribution is -2.51. The highest BCUT2D eigenvalue weighted by molar-refractivity contribution is 5.92. The number of aliphatic carboxylic acids is 1. The molecule has 14 heteroatoms. The predicted molar refractivity (Wildman–Crippen MR) is 103 cm³/mol. The number of amides is 2. The third kappa shape index (κ3) is 5.93. The molecule has 0 radical (unpaired) electrons. The summed E-state index contributed by atoms with van der Waals surface area (Å²) in [5, 5.41) is 10.8. The first-order chi connectivity index (χ1) is 15.5. The van der Waals surface area contributed by atoms with Crippen LogP contribution in [0, 0.1) is 5.92 Å². The van der Waals surface area contributed by atoms with E-state index in [-0.39, 0.29) is 41.6 Å². The van der Waals surface area contributed by atoms with Gasteiger partial charge < -0.3 is 33.8 Å². The SMILES string of the molecule is COc1cc(C(=O)N2CC3CC(C(=O)N4CCN(C)CC4)C(C2)O3)on1.O=C(O)C(F)(F)F. The largest absolute Gasteiger partial charge is 0.490 e. The van der Waals surface area contributed by atoms with Gasteiger partial charge in [0.2, 0.25) is 11.7 Å². The van der Waals surface area contributed by atoms with Gasteiger partial charge in [-0.1, -0.05) is 0 Å². The lowest BCUT2D eigenvalue weighted by atomic mass is 9.98. The molecule has 3 aliphatic rings. The number of hydrogen-bond donors (Lipinski definition) is 1. The minimum absolute atomic E-state index is 0.107. The summed E-state index contributed by atoms with van der Waals surface area (Å²) in [6.45, 7) is 4.15. The topological polar surface area (TPSA) is 126 Å². The molecule has 3 saturated heterocycles. The van der Waals surface area contributed by atoms with Gasteiger partial charge in [-0.25, -0.2) is 4.79 Å². The number of piperazine rings is 1. The molecule has 3 unspecified atom stereocenters. The third-order valence-corrected chi connectivity index (χ3v) is 5.73. The molecule has 4 heterocycles. The highest BCUT2D eigenvalue weighted by atomic mass is 19.4. The second-order valence-electron chi connectivity index (χ2n) is 8.01. The molecule has 3 atom stereocenters. The maximum absolute atomic E-state index is 12.9. The van der Waals surface area contributed by atoms with Gasteiger partial charge in [-0.2, -0.15) is 13.2 Å². The maximum atomic E-state index is 12.9. The molecule has 0 aliphatic carbocycles. The van der Waals surface area contributed by atoms with Crippen molar-refractivity contribution in [3.05, 3.63) is 11.8 Å². The van der Waals surface area contributed by atoms with E-state index in [4.69, 9.17) is 23.9 Å². The fraction of sp³-hybridized carbons (Fsp3) is 0.684. The molecule has 2 bridgehead atoms. The van der Waals surface area contributed by atoms with Crippen LogP contribution in [0.25, 0.3) is 0 Å². The number of aromatic nitrogens is 1. The highest BCUT2D eigenvalue weighted by Crippen LogP contribution is 2.34. The molecule has 3 aliphatic heterocycles. The molecule has 1 N–H and O–H groups in total. The smallest absolute Gasteiger partial charge is 0.479 e. The molecule has 3 fully saturated rings. The van der Waals surface area contributed by atoms with Crippen LogP contribution in [0.15, 0.2) is 10.6 Å². The van der Waals surface area contributed by atoms with E-state index in [1.165, 1.54) is 13.2 Å². The van der Waals surface area contributed by atoms with Gasteiger partial charge in [-0.3, -0.25) is 9.59 Å². The Hall–Kier alpha value is -2.87. The number of carbonyl (C=O) groups is 3. The average molecular weight is 478 g/mol. The van der Waals surface area contributed by atoms with Gasteiger partial charge in [0.1, 0.15) is 0 Å². The normalized spacial score (nSPS) is 25.3. The van der Waals surface area contributed by atoms with E-state index in [1.54, 1.807) is 4.90 Å². The zero-order valence-electron chi connectivity index (χ0n) is 18.1. The minimum atomic E-state index is -5.08. The van der Waals surface area contributed by atoms with Crippen LogP contribution in [0.5, 0.6) is 5.88 Å². The van der Waals surface area contributed by atoms with Crippen molar-refractivity contribution in [3.8, 4) is 5.88 Å². The predicted octanol–water partition coefficient (Wildman–Crippen LogP) is 0.320. The van der Waals surface area contributed by atoms with E-state index in [2.05, 4.69) is 17.1 Å². The third-order valence-electron chi connectivity index (χ3n) is 5.73. The Morgan fingerprint density at radius 2 is 1.79 bits per heavy atom. The van der Waals surface area contributed by atoms with Gasteiger partial charge in [0.05, 0.1) is 31.3 Å². The lowest BCUT2D eigenvalue weighted by Gasteiger charge is -2.35. The summed E-state index contributed by atoms with van der Waals surface area (Å²) in [6, 6.07) is 1.48. The fourth-order valence-electron chi connectivity index (χ4n) is 3.96. The number of carbonyl (C=O) groups excluding carboxylic acids is 2. The van der Waals surface area contributed by atoms with Crippen LogP contribution < -0.4 is 4.74 Å². The Morgan fingerprint density at radius 3 is 2.33 bits per heavy atom. The van der Waals surface area contributed by atoms with E-state index in [0.29, 0.717) is 19.5 Å². The van der Waals surface area contributed by atoms with Gasteiger partial charge in [0, 0.05) is 39.3 Å². The van der Waals surface area contributed by atoms with Gasteiger partial charge in [0.15, 0.2) is 0 Å². The number of hydrogen-bond acceptors (Lipinski definition) is 8. The van der Waals surface area contributed by atoms with Gasteiger partial charge in [-0.15, -0.1) is 0 Å². The van der Waals surface area contributed by atoms with Crippen LogP contribution in [0.4, 0.5) is 13.2 Å². The molecule has 0 saturated carbocycles. The lowest BCUT2D eigenvalue weighted by molar-refractivity contribution is -0.192. The fourth-order valence-corrected chi connectivity index (χ4v) is 3.96. The number of morpholine rings is 1. The zero-order valence-corrected chi connectivity index (χ0v) is 18.1. The Balaban J connectivity index is 0.000000383. The molecule has 0 aromatic carbocycles. The molecular weight excluding hydrogens is 453 g/mol.